The number of hydrogen-bond donors (Lipinski definition) is 0. The average molecular weight is 368 g/mol. The molecule has 0 N–H and O–H groups in total. The smallest absolute Gasteiger partial charge is 0.276 e. The van der Waals surface area contributed by atoms with Crippen molar-refractivity contribution in [1.29, 1.82) is 0 Å². The Bertz CT molecular complexity index is 958. The highest BCUT2D eigenvalue weighted by molar-refractivity contribution is 5.93. The summed E-state index contributed by atoms with van der Waals surface area (Å²) in [5, 5.41) is 8.10. The van der Waals surface area contributed by atoms with Gasteiger partial charge in [0.05, 0.1) is 17.8 Å². The molecule has 0 aliphatic carbocycles. The normalized spacial score (nSPS) is 10.9. The molecule has 0 saturated heterocycles. The quantitative estimate of drug-likeness (QED) is 0.668. The van der Waals surface area contributed by atoms with Crippen LogP contribution in [-0.2, 0) is 20.2 Å². The number of aryl methyl sites for hydroxylation is 3. The van der Waals surface area contributed by atoms with E-state index in [4.69, 9.17) is 9.26 Å². The van der Waals surface area contributed by atoms with E-state index in [-0.39, 0.29) is 18.2 Å². The zero-order valence-electron chi connectivity index (χ0n) is 16.3. The van der Waals surface area contributed by atoms with Gasteiger partial charge in [-0.3, -0.25) is 9.48 Å². The average Bonchev–Trinajstić information content (AvgIpc) is 3.21. The fourth-order valence-corrected chi connectivity index (χ4v) is 2.81. The Morgan fingerprint density at radius 3 is 2.74 bits per heavy atom. The Labute approximate surface area is 158 Å². The van der Waals surface area contributed by atoms with Crippen molar-refractivity contribution in [2.45, 2.75) is 33.9 Å². The maximum atomic E-state index is 12.9. The maximum Gasteiger partial charge on any atom is 0.276 e. The second kappa shape index (κ2) is 7.65. The van der Waals surface area contributed by atoms with Crippen LogP contribution in [0.3, 0.4) is 0 Å². The standard InChI is InChI=1S/C20H24N4O3/c1-13-7-6-8-18(14(13)2)26-12-17-15(3)27-22-19(17)20(25)23(4)11-16-9-10-21-24(16)5/h6-10H,11-12H2,1-5H3. The summed E-state index contributed by atoms with van der Waals surface area (Å²) in [5.41, 5.74) is 4.11. The van der Waals surface area contributed by atoms with E-state index in [1.54, 1.807) is 29.7 Å². The summed E-state index contributed by atoms with van der Waals surface area (Å²) in [6, 6.07) is 7.78. The lowest BCUT2D eigenvalue weighted by Crippen LogP contribution is -2.28. The van der Waals surface area contributed by atoms with Gasteiger partial charge in [-0.05, 0) is 44.0 Å². The lowest BCUT2D eigenvalue weighted by Gasteiger charge is -2.17. The summed E-state index contributed by atoms with van der Waals surface area (Å²) in [7, 11) is 3.58. The Morgan fingerprint density at radius 1 is 1.26 bits per heavy atom. The highest BCUT2D eigenvalue weighted by Crippen LogP contribution is 2.24. The zero-order valence-corrected chi connectivity index (χ0v) is 16.3. The molecule has 0 saturated carbocycles. The lowest BCUT2D eigenvalue weighted by molar-refractivity contribution is 0.0769. The molecular weight excluding hydrogens is 344 g/mol. The summed E-state index contributed by atoms with van der Waals surface area (Å²) in [6.07, 6.45) is 1.71. The topological polar surface area (TPSA) is 73.4 Å². The van der Waals surface area contributed by atoms with Crippen molar-refractivity contribution in [3.8, 4) is 5.75 Å². The van der Waals surface area contributed by atoms with Crippen molar-refractivity contribution in [1.82, 2.24) is 19.8 Å². The number of aromatic nitrogens is 3. The van der Waals surface area contributed by atoms with Crippen LogP contribution in [0.5, 0.6) is 5.75 Å². The number of carbonyl (C=O) groups is 1. The second-order valence-corrected chi connectivity index (χ2v) is 6.66. The van der Waals surface area contributed by atoms with Gasteiger partial charge in [0.25, 0.3) is 5.91 Å². The fraction of sp³-hybridized carbons (Fsp3) is 0.350. The van der Waals surface area contributed by atoms with Crippen LogP contribution in [0, 0.1) is 20.8 Å². The highest BCUT2D eigenvalue weighted by Gasteiger charge is 2.24. The SMILES string of the molecule is Cc1cccc(OCc2c(C(=O)N(C)Cc3ccnn3C)noc2C)c1C. The van der Waals surface area contributed by atoms with Crippen molar-refractivity contribution in [2.24, 2.45) is 7.05 Å². The molecule has 0 atom stereocenters. The van der Waals surface area contributed by atoms with Crippen molar-refractivity contribution >= 4 is 5.91 Å². The molecule has 2 aromatic heterocycles. The minimum atomic E-state index is -0.215. The molecule has 0 bridgehead atoms. The van der Waals surface area contributed by atoms with Crippen LogP contribution in [0.25, 0.3) is 0 Å². The van der Waals surface area contributed by atoms with Crippen LogP contribution in [0.15, 0.2) is 35.0 Å². The maximum absolute atomic E-state index is 12.9. The van der Waals surface area contributed by atoms with E-state index in [2.05, 4.69) is 10.3 Å². The summed E-state index contributed by atoms with van der Waals surface area (Å²) in [6.45, 7) is 6.49. The molecule has 0 spiro atoms. The highest BCUT2D eigenvalue weighted by atomic mass is 16.5. The summed E-state index contributed by atoms with van der Waals surface area (Å²) in [4.78, 5) is 14.5. The number of benzene rings is 1. The number of rotatable bonds is 6. The number of carbonyl (C=O) groups excluding carboxylic acids is 1. The molecule has 3 aromatic rings. The van der Waals surface area contributed by atoms with E-state index < -0.39 is 0 Å². The van der Waals surface area contributed by atoms with Gasteiger partial charge < -0.3 is 14.2 Å². The third kappa shape index (κ3) is 3.86. The van der Waals surface area contributed by atoms with E-state index >= 15 is 0 Å². The first-order valence-corrected chi connectivity index (χ1v) is 8.75. The largest absolute Gasteiger partial charge is 0.488 e. The second-order valence-electron chi connectivity index (χ2n) is 6.66. The first-order valence-electron chi connectivity index (χ1n) is 8.75. The van der Waals surface area contributed by atoms with Crippen LogP contribution in [0.4, 0.5) is 0 Å². The molecular formula is C20H24N4O3. The third-order valence-corrected chi connectivity index (χ3v) is 4.78. The fourth-order valence-electron chi connectivity index (χ4n) is 2.81. The van der Waals surface area contributed by atoms with Crippen LogP contribution >= 0.6 is 0 Å². The molecule has 7 nitrogen and oxygen atoms in total. The molecule has 1 amide bonds. The summed E-state index contributed by atoms with van der Waals surface area (Å²) >= 11 is 0. The molecule has 0 radical (unpaired) electrons. The Kier molecular flexibility index (Phi) is 5.30. The van der Waals surface area contributed by atoms with Crippen molar-refractivity contribution in [3.63, 3.8) is 0 Å². The van der Waals surface area contributed by atoms with E-state index in [0.717, 1.165) is 22.6 Å². The molecule has 142 valence electrons. The predicted octanol–water partition coefficient (Wildman–Crippen LogP) is 3.18. The minimum Gasteiger partial charge on any atom is -0.488 e. The van der Waals surface area contributed by atoms with Crippen LogP contribution in [0.2, 0.25) is 0 Å². The first-order chi connectivity index (χ1) is 12.9. The van der Waals surface area contributed by atoms with Gasteiger partial charge in [-0.15, -0.1) is 0 Å². The van der Waals surface area contributed by atoms with Gasteiger partial charge in [0.15, 0.2) is 5.69 Å². The third-order valence-electron chi connectivity index (χ3n) is 4.78. The monoisotopic (exact) mass is 368 g/mol. The van der Waals surface area contributed by atoms with Gasteiger partial charge in [-0.25, -0.2) is 0 Å². The summed E-state index contributed by atoms with van der Waals surface area (Å²) < 4.78 is 13.0. The summed E-state index contributed by atoms with van der Waals surface area (Å²) in [5.74, 6) is 1.16. The zero-order chi connectivity index (χ0) is 19.6. The number of nitrogens with zero attached hydrogens (tertiary/aromatic N) is 4. The molecule has 7 heteroatoms. The van der Waals surface area contributed by atoms with Gasteiger partial charge in [0, 0.05) is 20.3 Å². The van der Waals surface area contributed by atoms with Gasteiger partial charge in [-0.1, -0.05) is 17.3 Å². The predicted molar refractivity (Wildman–Crippen MR) is 100 cm³/mol. The van der Waals surface area contributed by atoms with Gasteiger partial charge in [-0.2, -0.15) is 5.10 Å². The molecule has 2 heterocycles. The lowest BCUT2D eigenvalue weighted by atomic mass is 10.1. The molecule has 0 aliphatic heterocycles. The Balaban J connectivity index is 1.76. The van der Waals surface area contributed by atoms with Crippen LogP contribution < -0.4 is 4.74 Å². The number of ether oxygens (including phenoxy) is 1. The van der Waals surface area contributed by atoms with Crippen molar-refractivity contribution < 1.29 is 14.1 Å². The number of hydrogen-bond acceptors (Lipinski definition) is 5. The van der Waals surface area contributed by atoms with Crippen molar-refractivity contribution in [3.05, 3.63) is 64.3 Å². The number of amides is 1. The molecule has 1 aromatic carbocycles. The minimum absolute atomic E-state index is 0.215. The molecule has 0 unspecified atom stereocenters. The first kappa shape index (κ1) is 18.7. The van der Waals surface area contributed by atoms with E-state index in [0.29, 0.717) is 17.9 Å². The Hall–Kier alpha value is -3.09. The van der Waals surface area contributed by atoms with Crippen LogP contribution in [-0.4, -0.2) is 32.8 Å². The van der Waals surface area contributed by atoms with Crippen molar-refractivity contribution in [2.75, 3.05) is 7.05 Å². The Morgan fingerprint density at radius 2 is 2.04 bits per heavy atom. The molecule has 3 rings (SSSR count). The van der Waals surface area contributed by atoms with E-state index in [1.165, 1.54) is 0 Å². The molecule has 0 aliphatic rings. The van der Waals surface area contributed by atoms with Crippen LogP contribution in [0.1, 0.15) is 38.6 Å². The van der Waals surface area contributed by atoms with Gasteiger partial charge in [0.2, 0.25) is 0 Å². The van der Waals surface area contributed by atoms with E-state index in [1.807, 2.05) is 45.2 Å². The molecule has 27 heavy (non-hydrogen) atoms. The van der Waals surface area contributed by atoms with E-state index in [9.17, 15) is 4.79 Å². The van der Waals surface area contributed by atoms with Gasteiger partial charge in [0.1, 0.15) is 18.1 Å². The van der Waals surface area contributed by atoms with Gasteiger partial charge >= 0.3 is 0 Å². The molecule has 0 fully saturated rings.